The number of carbonyl (C=O) groups excluding carboxylic acids is 1. The Kier molecular flexibility index (Phi) is 4.42. The summed E-state index contributed by atoms with van der Waals surface area (Å²) >= 11 is 0. The van der Waals surface area contributed by atoms with E-state index in [4.69, 9.17) is 10.5 Å². The van der Waals surface area contributed by atoms with Crippen LogP contribution in [0.3, 0.4) is 0 Å². The van der Waals surface area contributed by atoms with Crippen LogP contribution in [0.15, 0.2) is 24.4 Å². The summed E-state index contributed by atoms with van der Waals surface area (Å²) in [5.41, 5.74) is 7.66. The lowest BCUT2D eigenvalue weighted by molar-refractivity contribution is -0.135. The number of rotatable bonds is 5. The van der Waals surface area contributed by atoms with Crippen molar-refractivity contribution in [1.82, 2.24) is 9.88 Å². The fourth-order valence-electron chi connectivity index (χ4n) is 2.05. The molecule has 1 atom stereocenters. The standard InChI is InChI=1S/C15H21N3O2/c1-10(16)15(19)20-13-6-4-5-12-14(13)11(9-17-12)7-8-18(2)3/h4-6,9-10,17H,7-8,16H2,1-3H3/t10-/m1/s1. The summed E-state index contributed by atoms with van der Waals surface area (Å²) in [5, 5.41) is 0.961. The van der Waals surface area contributed by atoms with E-state index in [1.165, 1.54) is 0 Å². The molecule has 2 rings (SSSR count). The van der Waals surface area contributed by atoms with Crippen LogP contribution in [0.5, 0.6) is 5.75 Å². The molecular formula is C15H21N3O2. The molecule has 2 aromatic rings. The zero-order valence-electron chi connectivity index (χ0n) is 12.1. The molecule has 1 heterocycles. The number of H-pyrrole nitrogens is 1. The quantitative estimate of drug-likeness (QED) is 0.641. The number of fused-ring (bicyclic) bond motifs is 1. The minimum Gasteiger partial charge on any atom is -0.425 e. The fraction of sp³-hybridized carbons (Fsp3) is 0.400. The molecule has 0 aliphatic heterocycles. The third-order valence-electron chi connectivity index (χ3n) is 3.16. The SMILES string of the molecule is C[C@@H](N)C(=O)Oc1cccc2[nH]cc(CCN(C)C)c12. The second-order valence-corrected chi connectivity index (χ2v) is 5.26. The number of ether oxygens (including phenoxy) is 1. The van der Waals surface area contributed by atoms with Gasteiger partial charge in [0.2, 0.25) is 0 Å². The number of hydrogen-bond donors (Lipinski definition) is 2. The first-order valence-corrected chi connectivity index (χ1v) is 6.70. The Morgan fingerprint density at radius 3 is 2.85 bits per heavy atom. The molecule has 5 heteroatoms. The van der Waals surface area contributed by atoms with Crippen molar-refractivity contribution >= 4 is 16.9 Å². The van der Waals surface area contributed by atoms with E-state index in [0.29, 0.717) is 5.75 Å². The Morgan fingerprint density at radius 2 is 2.20 bits per heavy atom. The highest BCUT2D eigenvalue weighted by Gasteiger charge is 2.15. The van der Waals surface area contributed by atoms with Crippen LogP contribution >= 0.6 is 0 Å². The van der Waals surface area contributed by atoms with Crippen molar-refractivity contribution < 1.29 is 9.53 Å². The van der Waals surface area contributed by atoms with E-state index < -0.39 is 12.0 Å². The number of aromatic amines is 1. The molecule has 0 bridgehead atoms. The number of aromatic nitrogens is 1. The van der Waals surface area contributed by atoms with Gasteiger partial charge < -0.3 is 20.4 Å². The first-order chi connectivity index (χ1) is 9.49. The maximum atomic E-state index is 11.7. The van der Waals surface area contributed by atoms with E-state index in [1.807, 2.05) is 32.4 Å². The average Bonchev–Trinajstić information content (AvgIpc) is 2.80. The van der Waals surface area contributed by atoms with E-state index in [1.54, 1.807) is 13.0 Å². The zero-order valence-corrected chi connectivity index (χ0v) is 12.1. The third-order valence-corrected chi connectivity index (χ3v) is 3.16. The van der Waals surface area contributed by atoms with Gasteiger partial charge in [-0.05, 0) is 45.1 Å². The number of nitrogens with one attached hydrogen (secondary N) is 1. The summed E-state index contributed by atoms with van der Waals surface area (Å²) in [6.45, 7) is 2.55. The molecule has 0 fully saturated rings. The number of hydrogen-bond acceptors (Lipinski definition) is 4. The topological polar surface area (TPSA) is 71.4 Å². The van der Waals surface area contributed by atoms with Gasteiger partial charge >= 0.3 is 5.97 Å². The molecule has 1 aromatic heterocycles. The van der Waals surface area contributed by atoms with E-state index >= 15 is 0 Å². The Labute approximate surface area is 118 Å². The number of nitrogens with zero attached hydrogens (tertiary/aromatic N) is 1. The monoisotopic (exact) mass is 275 g/mol. The predicted molar refractivity (Wildman–Crippen MR) is 79.8 cm³/mol. The van der Waals surface area contributed by atoms with Crippen LogP contribution in [0.4, 0.5) is 0 Å². The average molecular weight is 275 g/mol. The van der Waals surface area contributed by atoms with Gasteiger partial charge in [0, 0.05) is 23.6 Å². The van der Waals surface area contributed by atoms with Crippen LogP contribution in [0.25, 0.3) is 10.9 Å². The van der Waals surface area contributed by atoms with E-state index in [-0.39, 0.29) is 0 Å². The van der Waals surface area contributed by atoms with Crippen molar-refractivity contribution in [3.05, 3.63) is 30.0 Å². The summed E-state index contributed by atoms with van der Waals surface area (Å²) < 4.78 is 5.40. The molecule has 1 aromatic carbocycles. The Hall–Kier alpha value is -1.85. The van der Waals surface area contributed by atoms with E-state index in [2.05, 4.69) is 9.88 Å². The lowest BCUT2D eigenvalue weighted by Gasteiger charge is -2.11. The molecular weight excluding hydrogens is 254 g/mol. The van der Waals surface area contributed by atoms with Crippen molar-refractivity contribution in [1.29, 1.82) is 0 Å². The molecule has 0 spiro atoms. The highest BCUT2D eigenvalue weighted by molar-refractivity contribution is 5.92. The van der Waals surface area contributed by atoms with E-state index in [0.717, 1.165) is 29.4 Å². The smallest absolute Gasteiger partial charge is 0.328 e. The van der Waals surface area contributed by atoms with Gasteiger partial charge in [-0.2, -0.15) is 0 Å². The van der Waals surface area contributed by atoms with Crippen LogP contribution in [0.1, 0.15) is 12.5 Å². The van der Waals surface area contributed by atoms with Gasteiger partial charge in [-0.1, -0.05) is 6.07 Å². The lowest BCUT2D eigenvalue weighted by atomic mass is 10.1. The van der Waals surface area contributed by atoms with Gasteiger partial charge in [0.25, 0.3) is 0 Å². The Balaban J connectivity index is 2.33. The first-order valence-electron chi connectivity index (χ1n) is 6.70. The molecule has 0 amide bonds. The highest BCUT2D eigenvalue weighted by Crippen LogP contribution is 2.29. The second-order valence-electron chi connectivity index (χ2n) is 5.26. The summed E-state index contributed by atoms with van der Waals surface area (Å²) in [7, 11) is 4.07. The molecule has 20 heavy (non-hydrogen) atoms. The number of esters is 1. The molecule has 108 valence electrons. The van der Waals surface area contributed by atoms with Crippen LogP contribution < -0.4 is 10.5 Å². The van der Waals surface area contributed by atoms with Crippen molar-refractivity contribution in [2.75, 3.05) is 20.6 Å². The predicted octanol–water partition coefficient (Wildman–Crippen LogP) is 1.52. The summed E-state index contributed by atoms with van der Waals surface area (Å²) in [5.74, 6) is 0.150. The molecule has 5 nitrogen and oxygen atoms in total. The maximum Gasteiger partial charge on any atom is 0.328 e. The van der Waals surface area contributed by atoms with Crippen LogP contribution in [0, 0.1) is 0 Å². The van der Waals surface area contributed by atoms with Crippen molar-refractivity contribution in [3.63, 3.8) is 0 Å². The van der Waals surface area contributed by atoms with Gasteiger partial charge in [0.15, 0.2) is 0 Å². The Morgan fingerprint density at radius 1 is 1.45 bits per heavy atom. The third kappa shape index (κ3) is 3.18. The largest absolute Gasteiger partial charge is 0.425 e. The number of likely N-dealkylation sites (N-methyl/N-ethyl adjacent to an activating group) is 1. The van der Waals surface area contributed by atoms with Crippen molar-refractivity contribution in [2.45, 2.75) is 19.4 Å². The zero-order chi connectivity index (χ0) is 14.7. The molecule has 0 radical (unpaired) electrons. The molecule has 3 N–H and O–H groups in total. The highest BCUT2D eigenvalue weighted by atomic mass is 16.5. The normalized spacial score (nSPS) is 12.8. The summed E-state index contributed by atoms with van der Waals surface area (Å²) in [6, 6.07) is 5.00. The van der Waals surface area contributed by atoms with Gasteiger partial charge in [-0.15, -0.1) is 0 Å². The second kappa shape index (κ2) is 6.07. The summed E-state index contributed by atoms with van der Waals surface area (Å²) in [6.07, 6.45) is 2.86. The van der Waals surface area contributed by atoms with E-state index in [9.17, 15) is 4.79 Å². The van der Waals surface area contributed by atoms with Gasteiger partial charge in [0.05, 0.1) is 0 Å². The fourth-order valence-corrected chi connectivity index (χ4v) is 2.05. The molecule has 0 aliphatic carbocycles. The van der Waals surface area contributed by atoms with Crippen LogP contribution in [0.2, 0.25) is 0 Å². The molecule has 0 aliphatic rings. The van der Waals surface area contributed by atoms with Crippen LogP contribution in [-0.4, -0.2) is 42.5 Å². The van der Waals surface area contributed by atoms with Crippen molar-refractivity contribution in [2.24, 2.45) is 5.73 Å². The molecule has 0 saturated carbocycles. The maximum absolute atomic E-state index is 11.7. The minimum absolute atomic E-state index is 0.419. The van der Waals surface area contributed by atoms with Gasteiger partial charge in [-0.25, -0.2) is 4.79 Å². The summed E-state index contributed by atoms with van der Waals surface area (Å²) in [4.78, 5) is 17.0. The van der Waals surface area contributed by atoms with Gasteiger partial charge in [0.1, 0.15) is 11.8 Å². The first kappa shape index (κ1) is 14.6. The van der Waals surface area contributed by atoms with Crippen LogP contribution in [-0.2, 0) is 11.2 Å². The van der Waals surface area contributed by atoms with Gasteiger partial charge in [-0.3, -0.25) is 0 Å². The number of carbonyl (C=O) groups is 1. The number of benzene rings is 1. The Bertz CT molecular complexity index is 602. The minimum atomic E-state index is -0.630. The molecule has 0 saturated heterocycles. The van der Waals surface area contributed by atoms with Crippen molar-refractivity contribution in [3.8, 4) is 5.75 Å². The number of nitrogens with two attached hydrogens (primary N) is 1. The molecule has 0 unspecified atom stereocenters. The lowest BCUT2D eigenvalue weighted by Crippen LogP contribution is -2.30.